The average molecular weight is 165 g/mol. The summed E-state index contributed by atoms with van der Waals surface area (Å²) >= 11 is 19.2. The van der Waals surface area contributed by atoms with Crippen molar-refractivity contribution in [3.63, 3.8) is 0 Å². The number of hydrogen-bond donors (Lipinski definition) is 1. The van der Waals surface area contributed by atoms with Crippen LogP contribution in [0.5, 0.6) is 0 Å². The maximum atomic E-state index is 5.22. The molecule has 0 fully saturated rings. The first-order valence-electron chi connectivity index (χ1n) is 1.22. The van der Waals surface area contributed by atoms with Gasteiger partial charge < -0.3 is 0 Å². The second kappa shape index (κ2) is 2.51. The van der Waals surface area contributed by atoms with Crippen molar-refractivity contribution in [1.29, 1.82) is 0 Å². The molecule has 0 saturated carbocycles. The fourth-order valence-electron chi connectivity index (χ4n) is 0. The van der Waals surface area contributed by atoms with Crippen molar-refractivity contribution in [3.05, 3.63) is 0 Å². The molecular weight excluding hydrogens is 162 g/mol. The lowest BCUT2D eigenvalue weighted by Gasteiger charge is -2.03. The molecule has 38 valence electrons. The Bertz CT molecular complexity index is 38.5. The molecule has 6 heavy (non-hydrogen) atoms. The van der Waals surface area contributed by atoms with Crippen LogP contribution in [-0.4, -0.2) is 9.55 Å². The van der Waals surface area contributed by atoms with Crippen molar-refractivity contribution in [2.24, 2.45) is 0 Å². The zero-order chi connectivity index (χ0) is 5.21. The van der Waals surface area contributed by atoms with Crippen LogP contribution < -0.4 is 0 Å². The molecule has 0 atom stereocenters. The fraction of sp³-hybridized carbons (Fsp3) is 1.00. The van der Waals surface area contributed by atoms with Crippen molar-refractivity contribution in [2.45, 2.75) is 3.67 Å². The smallest absolute Gasteiger partial charge is 0.140 e. The van der Waals surface area contributed by atoms with Crippen molar-refractivity contribution in [3.8, 4) is 0 Å². The summed E-state index contributed by atoms with van der Waals surface area (Å²) in [6, 6.07) is 0. The minimum Gasteiger partial charge on any atom is -0.140 e. The van der Waals surface area contributed by atoms with E-state index in [1.165, 1.54) is 0 Å². The van der Waals surface area contributed by atoms with Crippen LogP contribution in [-0.2, 0) is 0 Å². The Kier molecular flexibility index (Phi) is 3.02. The van der Waals surface area contributed by atoms with E-state index in [0.29, 0.717) is 0 Å². The van der Waals surface area contributed by atoms with Gasteiger partial charge >= 0.3 is 0 Å². The van der Waals surface area contributed by atoms with Gasteiger partial charge in [-0.05, 0) is 0 Å². The van der Waals surface area contributed by atoms with E-state index < -0.39 is 3.67 Å². The van der Waals surface area contributed by atoms with E-state index in [2.05, 4.69) is 12.6 Å². The Morgan fingerprint density at radius 1 is 1.50 bits per heavy atom. The van der Waals surface area contributed by atoms with Gasteiger partial charge in [-0.2, -0.15) is 0 Å². The number of rotatable bonds is 1. The van der Waals surface area contributed by atoms with Crippen LogP contribution in [0.3, 0.4) is 0 Å². The summed E-state index contributed by atoms with van der Waals surface area (Å²) in [4.78, 5) is 0. The van der Waals surface area contributed by atoms with Gasteiger partial charge in [-0.1, -0.05) is 23.2 Å². The number of halogens is 3. The Morgan fingerprint density at radius 3 is 1.67 bits per heavy atom. The van der Waals surface area contributed by atoms with E-state index in [1.807, 2.05) is 0 Å². The van der Waals surface area contributed by atoms with Crippen LogP contribution in [0, 0.1) is 0 Å². The summed E-state index contributed by atoms with van der Waals surface area (Å²) in [6.07, 6.45) is 0. The molecule has 0 bridgehead atoms. The molecule has 0 saturated heterocycles. The van der Waals surface area contributed by atoms with Gasteiger partial charge in [0.05, 0.1) is 5.88 Å². The highest BCUT2D eigenvalue weighted by Crippen LogP contribution is 2.25. The molecule has 0 aliphatic carbocycles. The minimum absolute atomic E-state index is 0.138. The number of alkyl halides is 3. The number of hydrogen-bond acceptors (Lipinski definition) is 1. The van der Waals surface area contributed by atoms with Gasteiger partial charge in [-0.25, -0.2) is 0 Å². The van der Waals surface area contributed by atoms with Crippen LogP contribution in [0.4, 0.5) is 0 Å². The standard InChI is InChI=1S/C2H3Cl3S/c3-1-2(4,5)6/h6H,1H2. The molecule has 4 heteroatoms. The Morgan fingerprint density at radius 2 is 1.67 bits per heavy atom. The third kappa shape index (κ3) is 5.22. The fourth-order valence-corrected chi connectivity index (χ4v) is 0. The molecule has 0 radical (unpaired) electrons. The lowest BCUT2D eigenvalue weighted by molar-refractivity contribution is 1.31. The molecule has 0 heterocycles. The Hall–Kier alpha value is 1.22. The zero-order valence-corrected chi connectivity index (χ0v) is 5.95. The average Bonchev–Trinajstić information content (AvgIpc) is 1.35. The lowest BCUT2D eigenvalue weighted by Crippen LogP contribution is -2.01. The third-order valence-electron chi connectivity index (χ3n) is 0.161. The van der Waals surface area contributed by atoms with Gasteiger partial charge in [0.1, 0.15) is 0 Å². The maximum absolute atomic E-state index is 5.22. The molecule has 0 aromatic rings. The summed E-state index contributed by atoms with van der Waals surface area (Å²) in [5, 5.41) is 0. The summed E-state index contributed by atoms with van der Waals surface area (Å²) < 4.78 is -1.05. The molecule has 0 spiro atoms. The summed E-state index contributed by atoms with van der Waals surface area (Å²) in [7, 11) is 0. The van der Waals surface area contributed by atoms with Gasteiger partial charge in [0.2, 0.25) is 0 Å². The van der Waals surface area contributed by atoms with E-state index in [1.54, 1.807) is 0 Å². The predicted molar refractivity (Wildman–Crippen MR) is 34.1 cm³/mol. The molecule has 0 unspecified atom stereocenters. The van der Waals surface area contributed by atoms with Crippen molar-refractivity contribution >= 4 is 47.4 Å². The molecule has 0 N–H and O–H groups in total. The molecule has 0 nitrogen and oxygen atoms in total. The molecule has 0 rings (SSSR count). The Labute approximate surface area is 57.2 Å². The highest BCUT2D eigenvalue weighted by molar-refractivity contribution is 7.85. The maximum Gasteiger partial charge on any atom is 0.174 e. The predicted octanol–water partition coefficient (Wildman–Crippen LogP) is 2.29. The van der Waals surface area contributed by atoms with Gasteiger partial charge in [0.25, 0.3) is 0 Å². The summed E-state index contributed by atoms with van der Waals surface area (Å²) in [5.41, 5.74) is 0. The highest BCUT2D eigenvalue weighted by atomic mass is 35.5. The zero-order valence-electron chi connectivity index (χ0n) is 2.79. The van der Waals surface area contributed by atoms with Gasteiger partial charge in [0, 0.05) is 0 Å². The van der Waals surface area contributed by atoms with Crippen molar-refractivity contribution < 1.29 is 0 Å². The van der Waals surface area contributed by atoms with Crippen LogP contribution in [0.25, 0.3) is 0 Å². The van der Waals surface area contributed by atoms with Gasteiger partial charge in [-0.15, -0.1) is 24.2 Å². The van der Waals surface area contributed by atoms with E-state index in [0.717, 1.165) is 0 Å². The van der Waals surface area contributed by atoms with Crippen LogP contribution in [0.2, 0.25) is 0 Å². The Balaban J connectivity index is 3.17. The first-order valence-corrected chi connectivity index (χ1v) is 2.96. The molecule has 0 aromatic carbocycles. The second-order valence-corrected chi connectivity index (χ2v) is 3.84. The van der Waals surface area contributed by atoms with E-state index >= 15 is 0 Å². The van der Waals surface area contributed by atoms with Crippen LogP contribution in [0.1, 0.15) is 0 Å². The number of thiol groups is 1. The quantitative estimate of drug-likeness (QED) is 0.447. The topological polar surface area (TPSA) is 0 Å². The van der Waals surface area contributed by atoms with Crippen molar-refractivity contribution in [1.82, 2.24) is 0 Å². The normalized spacial score (nSPS) is 12.0. The first kappa shape index (κ1) is 7.22. The van der Waals surface area contributed by atoms with E-state index in [4.69, 9.17) is 34.8 Å². The van der Waals surface area contributed by atoms with Crippen molar-refractivity contribution in [2.75, 3.05) is 5.88 Å². The van der Waals surface area contributed by atoms with Crippen LogP contribution >= 0.6 is 47.4 Å². The first-order chi connectivity index (χ1) is 2.56. The molecule has 0 amide bonds. The summed E-state index contributed by atoms with van der Waals surface area (Å²) in [5.74, 6) is 0.138. The SMILES string of the molecule is SC(Cl)(Cl)CCl. The van der Waals surface area contributed by atoms with Gasteiger partial charge in [0.15, 0.2) is 3.67 Å². The van der Waals surface area contributed by atoms with E-state index in [9.17, 15) is 0 Å². The van der Waals surface area contributed by atoms with E-state index in [-0.39, 0.29) is 5.88 Å². The van der Waals surface area contributed by atoms with Crippen LogP contribution in [0.15, 0.2) is 0 Å². The summed E-state index contributed by atoms with van der Waals surface area (Å²) in [6.45, 7) is 0. The largest absolute Gasteiger partial charge is 0.174 e. The van der Waals surface area contributed by atoms with Gasteiger partial charge in [-0.3, -0.25) is 0 Å². The lowest BCUT2D eigenvalue weighted by atomic mass is 10.9. The molecule has 0 aliphatic rings. The minimum atomic E-state index is -1.05. The second-order valence-electron chi connectivity index (χ2n) is 0.799. The molecule has 0 aromatic heterocycles. The third-order valence-corrected chi connectivity index (χ3v) is 1.45. The molecular formula is C2H3Cl3S. The molecule has 0 aliphatic heterocycles. The highest BCUT2D eigenvalue weighted by Gasteiger charge is 2.13. The monoisotopic (exact) mass is 164 g/mol.